The van der Waals surface area contributed by atoms with Crippen molar-refractivity contribution >= 4 is 0 Å². The van der Waals surface area contributed by atoms with Crippen LogP contribution in [-0.4, -0.2) is 0 Å². The van der Waals surface area contributed by atoms with Gasteiger partial charge in [0, 0.05) is 17.7 Å². The van der Waals surface area contributed by atoms with Crippen molar-refractivity contribution < 1.29 is 4.57 Å². The first-order valence-corrected chi connectivity index (χ1v) is 6.87. The maximum absolute atomic E-state index is 2.32. The van der Waals surface area contributed by atoms with Crippen LogP contribution in [-0.2, 0) is 12.5 Å². The second-order valence-corrected chi connectivity index (χ2v) is 6.48. The molecule has 0 saturated carbocycles. The fourth-order valence-corrected chi connectivity index (χ4v) is 2.32. The number of nitrogens with zero attached hydrogens (tertiary/aromatic N) is 1. The molecule has 1 heteroatoms. The highest BCUT2D eigenvalue weighted by Gasteiger charge is 2.19. The van der Waals surface area contributed by atoms with Crippen molar-refractivity contribution in [2.75, 3.05) is 0 Å². The monoisotopic (exact) mass is 254 g/mol. The number of rotatable bonds is 1. The molecule has 0 saturated heterocycles. The highest BCUT2D eigenvalue weighted by molar-refractivity contribution is 5.62. The second-order valence-electron chi connectivity index (χ2n) is 6.48. The van der Waals surface area contributed by atoms with Gasteiger partial charge in [0.1, 0.15) is 7.05 Å². The van der Waals surface area contributed by atoms with Crippen molar-refractivity contribution in [2.24, 2.45) is 7.05 Å². The van der Waals surface area contributed by atoms with Crippen molar-refractivity contribution in [3.8, 4) is 11.3 Å². The van der Waals surface area contributed by atoms with E-state index in [0.717, 1.165) is 0 Å². The van der Waals surface area contributed by atoms with Gasteiger partial charge in [-0.15, -0.1) is 0 Å². The summed E-state index contributed by atoms with van der Waals surface area (Å²) in [5.41, 5.74) is 6.80. The van der Waals surface area contributed by atoms with E-state index in [2.05, 4.69) is 82.8 Å². The summed E-state index contributed by atoms with van der Waals surface area (Å²) in [4.78, 5) is 0. The molecule has 2 aromatic rings. The first-order valence-electron chi connectivity index (χ1n) is 6.87. The highest BCUT2D eigenvalue weighted by Crippen LogP contribution is 2.27. The smallest absolute Gasteiger partial charge is 0.201 e. The fourth-order valence-electron chi connectivity index (χ4n) is 2.32. The lowest BCUT2D eigenvalue weighted by atomic mass is 9.86. The van der Waals surface area contributed by atoms with Crippen LogP contribution >= 0.6 is 0 Å². The molecule has 100 valence electrons. The van der Waals surface area contributed by atoms with Gasteiger partial charge in [-0.05, 0) is 36.5 Å². The average molecular weight is 254 g/mol. The van der Waals surface area contributed by atoms with Crippen LogP contribution in [0.15, 0.2) is 36.5 Å². The second kappa shape index (κ2) is 4.80. The molecule has 0 fully saturated rings. The Kier molecular flexibility index (Phi) is 3.49. The summed E-state index contributed by atoms with van der Waals surface area (Å²) >= 11 is 0. The van der Waals surface area contributed by atoms with Gasteiger partial charge in [-0.25, -0.2) is 4.57 Å². The molecule has 1 aromatic carbocycles. The Labute approximate surface area is 116 Å². The largest absolute Gasteiger partial charge is 0.212 e. The van der Waals surface area contributed by atoms with Gasteiger partial charge in [0.15, 0.2) is 6.20 Å². The summed E-state index contributed by atoms with van der Waals surface area (Å²) in [5, 5.41) is 0. The molecule has 19 heavy (non-hydrogen) atoms. The Morgan fingerprint density at radius 2 is 1.63 bits per heavy atom. The molecule has 0 N–H and O–H groups in total. The van der Waals surface area contributed by atoms with E-state index in [0.29, 0.717) is 0 Å². The van der Waals surface area contributed by atoms with Crippen LogP contribution in [0.25, 0.3) is 11.3 Å². The number of hydrogen-bond acceptors (Lipinski definition) is 0. The van der Waals surface area contributed by atoms with E-state index in [1.165, 1.54) is 27.9 Å². The molecular weight excluding hydrogens is 230 g/mol. The van der Waals surface area contributed by atoms with Crippen LogP contribution in [0.3, 0.4) is 0 Å². The molecule has 1 nitrogen and oxygen atoms in total. The Bertz CT molecular complexity index is 604. The van der Waals surface area contributed by atoms with Gasteiger partial charge >= 0.3 is 0 Å². The van der Waals surface area contributed by atoms with Gasteiger partial charge in [0.05, 0.1) is 0 Å². The summed E-state index contributed by atoms with van der Waals surface area (Å²) in [6, 6.07) is 11.2. The molecule has 0 aliphatic heterocycles. The molecule has 0 aliphatic rings. The number of pyridine rings is 1. The van der Waals surface area contributed by atoms with Crippen molar-refractivity contribution in [1.82, 2.24) is 0 Å². The standard InChI is InChI=1S/C18H24N/c1-13-7-8-14(2)16(11-13)17-12-15(18(3,4)5)9-10-19(17)6/h7-12H,1-6H3/q+1. The first-order chi connectivity index (χ1) is 8.79. The topological polar surface area (TPSA) is 3.88 Å². The maximum Gasteiger partial charge on any atom is 0.212 e. The van der Waals surface area contributed by atoms with Crippen molar-refractivity contribution in [1.29, 1.82) is 0 Å². The first kappa shape index (κ1) is 13.8. The van der Waals surface area contributed by atoms with Gasteiger partial charge in [-0.1, -0.05) is 38.5 Å². The van der Waals surface area contributed by atoms with Gasteiger partial charge < -0.3 is 0 Å². The zero-order valence-corrected chi connectivity index (χ0v) is 12.9. The molecule has 0 radical (unpaired) electrons. The Hall–Kier alpha value is -1.63. The van der Waals surface area contributed by atoms with E-state index in [9.17, 15) is 0 Å². The van der Waals surface area contributed by atoms with Crippen LogP contribution in [0.1, 0.15) is 37.5 Å². The highest BCUT2D eigenvalue weighted by atomic mass is 14.9. The van der Waals surface area contributed by atoms with Gasteiger partial charge in [-0.3, -0.25) is 0 Å². The van der Waals surface area contributed by atoms with Gasteiger partial charge in [0.2, 0.25) is 5.69 Å². The molecule has 0 atom stereocenters. The number of benzene rings is 1. The predicted molar refractivity (Wildman–Crippen MR) is 81.2 cm³/mol. The third-order valence-electron chi connectivity index (χ3n) is 3.68. The SMILES string of the molecule is Cc1ccc(C)c(-c2cc(C(C)(C)C)cc[n+]2C)c1. The minimum Gasteiger partial charge on any atom is -0.201 e. The van der Waals surface area contributed by atoms with E-state index >= 15 is 0 Å². The molecule has 1 aromatic heterocycles. The molecule has 0 amide bonds. The summed E-state index contributed by atoms with van der Waals surface area (Å²) < 4.78 is 2.21. The summed E-state index contributed by atoms with van der Waals surface area (Å²) in [5.74, 6) is 0. The molecule has 0 spiro atoms. The molecule has 1 heterocycles. The fraction of sp³-hybridized carbons (Fsp3) is 0.389. The zero-order chi connectivity index (χ0) is 14.2. The third-order valence-corrected chi connectivity index (χ3v) is 3.68. The minimum atomic E-state index is 0.181. The minimum absolute atomic E-state index is 0.181. The van der Waals surface area contributed by atoms with E-state index in [4.69, 9.17) is 0 Å². The van der Waals surface area contributed by atoms with Crippen LogP contribution in [0, 0.1) is 13.8 Å². The van der Waals surface area contributed by atoms with E-state index in [-0.39, 0.29) is 5.41 Å². The number of aromatic nitrogens is 1. The molecule has 2 rings (SSSR count). The van der Waals surface area contributed by atoms with Gasteiger partial charge in [-0.2, -0.15) is 0 Å². The van der Waals surface area contributed by atoms with E-state index in [1.807, 2.05) is 0 Å². The normalized spacial score (nSPS) is 11.7. The van der Waals surface area contributed by atoms with Crippen LogP contribution in [0.5, 0.6) is 0 Å². The van der Waals surface area contributed by atoms with Crippen molar-refractivity contribution in [2.45, 2.75) is 40.0 Å². The Balaban J connectivity index is 2.64. The maximum atomic E-state index is 2.32. The van der Waals surface area contributed by atoms with Crippen LogP contribution in [0.2, 0.25) is 0 Å². The number of hydrogen-bond donors (Lipinski definition) is 0. The number of aryl methyl sites for hydroxylation is 3. The Morgan fingerprint density at radius 1 is 0.947 bits per heavy atom. The molecular formula is C18H24N+. The van der Waals surface area contributed by atoms with E-state index in [1.54, 1.807) is 0 Å². The van der Waals surface area contributed by atoms with Crippen molar-refractivity contribution in [3.05, 3.63) is 53.2 Å². The predicted octanol–water partition coefficient (Wildman–Crippen LogP) is 4.09. The molecule has 0 unspecified atom stereocenters. The summed E-state index contributed by atoms with van der Waals surface area (Å²) in [7, 11) is 2.11. The lowest BCUT2D eigenvalue weighted by molar-refractivity contribution is -0.660. The molecule has 0 bridgehead atoms. The van der Waals surface area contributed by atoms with Crippen LogP contribution < -0.4 is 4.57 Å². The summed E-state index contributed by atoms with van der Waals surface area (Å²) in [6.07, 6.45) is 2.16. The molecule has 0 aliphatic carbocycles. The quantitative estimate of drug-likeness (QED) is 0.675. The lowest BCUT2D eigenvalue weighted by Crippen LogP contribution is -2.31. The summed E-state index contributed by atoms with van der Waals surface area (Å²) in [6.45, 7) is 11.1. The average Bonchev–Trinajstić information content (AvgIpc) is 2.32. The lowest BCUT2D eigenvalue weighted by Gasteiger charge is -2.19. The van der Waals surface area contributed by atoms with Crippen molar-refractivity contribution in [3.63, 3.8) is 0 Å². The zero-order valence-electron chi connectivity index (χ0n) is 12.9. The van der Waals surface area contributed by atoms with E-state index < -0.39 is 0 Å². The third kappa shape index (κ3) is 2.86. The van der Waals surface area contributed by atoms with Crippen LogP contribution in [0.4, 0.5) is 0 Å². The van der Waals surface area contributed by atoms with Gasteiger partial charge in [0.25, 0.3) is 0 Å². The Morgan fingerprint density at radius 3 is 2.26 bits per heavy atom.